The molecule has 0 bridgehead atoms. The quantitative estimate of drug-likeness (QED) is 0.856. The number of amides is 1. The highest BCUT2D eigenvalue weighted by Gasteiger charge is 2.21. The number of anilines is 2. The second kappa shape index (κ2) is 7.55. The SMILES string of the molecule is CN(C)c1ccc(N2CCN(C(=O)Cc3ccc(F)cc3)CC2)cc1. The third-order valence-electron chi connectivity index (χ3n) is 4.63. The molecule has 132 valence electrons. The first-order valence-corrected chi connectivity index (χ1v) is 8.57. The summed E-state index contributed by atoms with van der Waals surface area (Å²) in [5.74, 6) is -0.167. The molecule has 1 fully saturated rings. The Kier molecular flexibility index (Phi) is 5.22. The second-order valence-corrected chi connectivity index (χ2v) is 6.58. The topological polar surface area (TPSA) is 26.8 Å². The average molecular weight is 341 g/mol. The molecule has 0 N–H and O–H groups in total. The molecule has 0 aromatic heterocycles. The first kappa shape index (κ1) is 17.3. The highest BCUT2D eigenvalue weighted by Crippen LogP contribution is 2.21. The van der Waals surface area contributed by atoms with Crippen LogP contribution in [0.4, 0.5) is 15.8 Å². The first-order chi connectivity index (χ1) is 12.0. The van der Waals surface area contributed by atoms with Gasteiger partial charge in [0.25, 0.3) is 0 Å². The molecule has 0 atom stereocenters. The average Bonchev–Trinajstić information content (AvgIpc) is 2.64. The molecule has 3 rings (SSSR count). The van der Waals surface area contributed by atoms with Gasteiger partial charge in [-0.2, -0.15) is 0 Å². The van der Waals surface area contributed by atoms with Gasteiger partial charge in [0.15, 0.2) is 0 Å². The highest BCUT2D eigenvalue weighted by atomic mass is 19.1. The van der Waals surface area contributed by atoms with E-state index in [2.05, 4.69) is 34.1 Å². The maximum atomic E-state index is 12.9. The summed E-state index contributed by atoms with van der Waals surface area (Å²) in [6.07, 6.45) is 0.331. The lowest BCUT2D eigenvalue weighted by Gasteiger charge is -2.36. The van der Waals surface area contributed by atoms with E-state index >= 15 is 0 Å². The monoisotopic (exact) mass is 341 g/mol. The Labute approximate surface area is 148 Å². The Morgan fingerprint density at radius 2 is 1.56 bits per heavy atom. The number of nitrogens with zero attached hydrogens (tertiary/aromatic N) is 3. The summed E-state index contributed by atoms with van der Waals surface area (Å²) in [5.41, 5.74) is 3.22. The fraction of sp³-hybridized carbons (Fsp3) is 0.350. The number of halogens is 1. The van der Waals surface area contributed by atoms with Crippen molar-refractivity contribution in [3.63, 3.8) is 0 Å². The van der Waals surface area contributed by atoms with Gasteiger partial charge in [0.1, 0.15) is 5.82 Å². The Morgan fingerprint density at radius 1 is 0.960 bits per heavy atom. The van der Waals surface area contributed by atoms with Gasteiger partial charge in [-0.3, -0.25) is 4.79 Å². The van der Waals surface area contributed by atoms with Crippen LogP contribution in [0.15, 0.2) is 48.5 Å². The summed E-state index contributed by atoms with van der Waals surface area (Å²) >= 11 is 0. The second-order valence-electron chi connectivity index (χ2n) is 6.58. The molecule has 1 aliphatic rings. The Balaban J connectivity index is 1.54. The number of hydrogen-bond acceptors (Lipinski definition) is 3. The van der Waals surface area contributed by atoms with Crippen molar-refractivity contribution in [2.24, 2.45) is 0 Å². The van der Waals surface area contributed by atoms with E-state index in [1.54, 1.807) is 12.1 Å². The Bertz CT molecular complexity index is 705. The molecule has 0 aliphatic carbocycles. The third kappa shape index (κ3) is 4.29. The lowest BCUT2D eigenvalue weighted by Crippen LogP contribution is -2.49. The number of benzene rings is 2. The zero-order valence-corrected chi connectivity index (χ0v) is 14.8. The Hall–Kier alpha value is -2.56. The zero-order valence-electron chi connectivity index (χ0n) is 14.8. The molecule has 1 amide bonds. The van der Waals surface area contributed by atoms with Crippen LogP contribution >= 0.6 is 0 Å². The van der Waals surface area contributed by atoms with Crippen molar-refractivity contribution in [2.45, 2.75) is 6.42 Å². The van der Waals surface area contributed by atoms with Crippen molar-refractivity contribution < 1.29 is 9.18 Å². The summed E-state index contributed by atoms with van der Waals surface area (Å²) in [7, 11) is 4.06. The zero-order chi connectivity index (χ0) is 17.8. The molecule has 1 aliphatic heterocycles. The van der Waals surface area contributed by atoms with E-state index in [4.69, 9.17) is 0 Å². The van der Waals surface area contributed by atoms with Gasteiger partial charge in [-0.05, 0) is 42.0 Å². The number of rotatable bonds is 4. The molecule has 1 saturated heterocycles. The molecular weight excluding hydrogens is 317 g/mol. The molecular formula is C20H24FN3O. The summed E-state index contributed by atoms with van der Waals surface area (Å²) in [6, 6.07) is 14.6. The summed E-state index contributed by atoms with van der Waals surface area (Å²) in [6.45, 7) is 3.10. The van der Waals surface area contributed by atoms with Crippen LogP contribution in [0.2, 0.25) is 0 Å². The molecule has 4 nitrogen and oxygen atoms in total. The van der Waals surface area contributed by atoms with Crippen LogP contribution in [0, 0.1) is 5.82 Å². The fourth-order valence-corrected chi connectivity index (χ4v) is 3.06. The maximum absolute atomic E-state index is 12.9. The number of hydrogen-bond donors (Lipinski definition) is 0. The van der Waals surface area contributed by atoms with E-state index in [0.29, 0.717) is 6.42 Å². The minimum absolute atomic E-state index is 0.106. The third-order valence-corrected chi connectivity index (χ3v) is 4.63. The van der Waals surface area contributed by atoms with Gasteiger partial charge in [0.2, 0.25) is 5.91 Å². The molecule has 25 heavy (non-hydrogen) atoms. The smallest absolute Gasteiger partial charge is 0.227 e. The van der Waals surface area contributed by atoms with Crippen LogP contribution in [-0.4, -0.2) is 51.1 Å². The van der Waals surface area contributed by atoms with E-state index in [0.717, 1.165) is 31.7 Å². The summed E-state index contributed by atoms with van der Waals surface area (Å²) < 4.78 is 12.9. The van der Waals surface area contributed by atoms with Gasteiger partial charge in [-0.25, -0.2) is 4.39 Å². The fourth-order valence-electron chi connectivity index (χ4n) is 3.06. The van der Waals surface area contributed by atoms with Gasteiger partial charge in [-0.15, -0.1) is 0 Å². The van der Waals surface area contributed by atoms with Crippen LogP contribution in [0.5, 0.6) is 0 Å². The van der Waals surface area contributed by atoms with Crippen LogP contribution < -0.4 is 9.80 Å². The lowest BCUT2D eigenvalue weighted by molar-refractivity contribution is -0.130. The van der Waals surface area contributed by atoms with Gasteiger partial charge in [0.05, 0.1) is 6.42 Å². The van der Waals surface area contributed by atoms with Crippen LogP contribution in [0.1, 0.15) is 5.56 Å². The van der Waals surface area contributed by atoms with Gasteiger partial charge < -0.3 is 14.7 Å². The molecule has 0 saturated carbocycles. The van der Waals surface area contributed by atoms with Crippen molar-refractivity contribution in [1.82, 2.24) is 4.90 Å². The molecule has 0 radical (unpaired) electrons. The number of carbonyl (C=O) groups excluding carboxylic acids is 1. The predicted molar refractivity (Wildman–Crippen MR) is 99.7 cm³/mol. The van der Waals surface area contributed by atoms with Crippen molar-refractivity contribution in [3.8, 4) is 0 Å². The molecule has 2 aromatic carbocycles. The van der Waals surface area contributed by atoms with Gasteiger partial charge in [0, 0.05) is 51.6 Å². The Morgan fingerprint density at radius 3 is 2.12 bits per heavy atom. The van der Waals surface area contributed by atoms with Crippen LogP contribution in [-0.2, 0) is 11.2 Å². The number of carbonyl (C=O) groups is 1. The first-order valence-electron chi connectivity index (χ1n) is 8.57. The van der Waals surface area contributed by atoms with Crippen molar-refractivity contribution in [1.29, 1.82) is 0 Å². The van der Waals surface area contributed by atoms with E-state index in [1.807, 2.05) is 19.0 Å². The lowest BCUT2D eigenvalue weighted by atomic mass is 10.1. The molecule has 5 heteroatoms. The normalized spacial score (nSPS) is 14.5. The van der Waals surface area contributed by atoms with Gasteiger partial charge >= 0.3 is 0 Å². The van der Waals surface area contributed by atoms with Crippen LogP contribution in [0.25, 0.3) is 0 Å². The van der Waals surface area contributed by atoms with Crippen molar-refractivity contribution >= 4 is 17.3 Å². The van der Waals surface area contributed by atoms with E-state index in [-0.39, 0.29) is 11.7 Å². The molecule has 2 aromatic rings. The van der Waals surface area contributed by atoms with Crippen LogP contribution in [0.3, 0.4) is 0 Å². The molecule has 1 heterocycles. The predicted octanol–water partition coefficient (Wildman–Crippen LogP) is 2.78. The minimum atomic E-state index is -0.273. The maximum Gasteiger partial charge on any atom is 0.227 e. The largest absolute Gasteiger partial charge is 0.378 e. The molecule has 0 unspecified atom stereocenters. The minimum Gasteiger partial charge on any atom is -0.378 e. The standard InChI is InChI=1S/C20H24FN3O/c1-22(2)18-7-9-19(10-8-18)23-11-13-24(14-12-23)20(25)15-16-3-5-17(21)6-4-16/h3-10H,11-15H2,1-2H3. The van der Waals surface area contributed by atoms with Crippen molar-refractivity contribution in [3.05, 3.63) is 59.9 Å². The van der Waals surface area contributed by atoms with Crippen molar-refractivity contribution in [2.75, 3.05) is 50.1 Å². The summed E-state index contributed by atoms with van der Waals surface area (Å²) in [4.78, 5) is 18.7. The number of piperazine rings is 1. The van der Waals surface area contributed by atoms with E-state index in [1.165, 1.54) is 23.5 Å². The highest BCUT2D eigenvalue weighted by molar-refractivity contribution is 5.79. The molecule has 0 spiro atoms. The van der Waals surface area contributed by atoms with E-state index in [9.17, 15) is 9.18 Å². The van der Waals surface area contributed by atoms with Gasteiger partial charge in [-0.1, -0.05) is 12.1 Å². The van der Waals surface area contributed by atoms with E-state index < -0.39 is 0 Å². The summed E-state index contributed by atoms with van der Waals surface area (Å²) in [5, 5.41) is 0.